The molecule has 0 unspecified atom stereocenters. The van der Waals surface area contributed by atoms with E-state index in [1.54, 1.807) is 18.4 Å². The van der Waals surface area contributed by atoms with Crippen LogP contribution in [-0.4, -0.2) is 12.1 Å². The average molecular weight is 393 g/mol. The summed E-state index contributed by atoms with van der Waals surface area (Å²) in [5.74, 6) is 0.832. The van der Waals surface area contributed by atoms with E-state index in [0.717, 1.165) is 39.7 Å². The first-order valence-electron chi connectivity index (χ1n) is 10.1. The molecule has 0 bridgehead atoms. The maximum atomic E-state index is 6.02. The fourth-order valence-corrected chi connectivity index (χ4v) is 4.84. The van der Waals surface area contributed by atoms with Gasteiger partial charge in [-0.25, -0.2) is 4.98 Å². The summed E-state index contributed by atoms with van der Waals surface area (Å²) in [6, 6.07) is 11.0. The van der Waals surface area contributed by atoms with Gasteiger partial charge in [0.05, 0.1) is 12.8 Å². The molecule has 28 heavy (non-hydrogen) atoms. The molecule has 0 amide bonds. The molecular formula is C24H28N2OS. The Bertz CT molecular complexity index is 977. The maximum absolute atomic E-state index is 6.02. The molecule has 146 valence electrons. The predicted molar refractivity (Wildman–Crippen MR) is 118 cm³/mol. The largest absolute Gasteiger partial charge is 0.496 e. The first kappa shape index (κ1) is 19.0. The highest BCUT2D eigenvalue weighted by molar-refractivity contribution is 7.13. The number of nitrogens with zero attached hydrogens (tertiary/aromatic N) is 1. The summed E-state index contributed by atoms with van der Waals surface area (Å²) in [4.78, 5) is 4.93. The Hall–Kier alpha value is -2.33. The van der Waals surface area contributed by atoms with Crippen LogP contribution in [0.3, 0.4) is 0 Å². The summed E-state index contributed by atoms with van der Waals surface area (Å²) >= 11 is 1.73. The standard InChI is InChI=1S/C24H28N2OS/c1-16-11-20(23(27-2)14-22(16)25)13-21-15-28-24(26-21)19-10-9-17-7-5-3-4-6-8-18(17)12-19/h9-12,14-15H,3-8,13,25H2,1-2H3. The lowest BCUT2D eigenvalue weighted by molar-refractivity contribution is 0.410. The second kappa shape index (κ2) is 8.36. The SMILES string of the molecule is COc1cc(N)c(C)cc1Cc1csc(-c2ccc3c(c2)CCCCCC3)n1. The third-order valence-electron chi connectivity index (χ3n) is 5.69. The third-order valence-corrected chi connectivity index (χ3v) is 6.63. The topological polar surface area (TPSA) is 48.1 Å². The summed E-state index contributed by atoms with van der Waals surface area (Å²) in [6.45, 7) is 2.03. The number of benzene rings is 2. The van der Waals surface area contributed by atoms with Crippen molar-refractivity contribution in [2.45, 2.75) is 51.9 Å². The molecule has 0 fully saturated rings. The van der Waals surface area contributed by atoms with Crippen LogP contribution in [0, 0.1) is 6.92 Å². The van der Waals surface area contributed by atoms with Crippen molar-refractivity contribution < 1.29 is 4.74 Å². The van der Waals surface area contributed by atoms with Crippen LogP contribution in [0.15, 0.2) is 35.7 Å². The molecule has 1 aliphatic rings. The van der Waals surface area contributed by atoms with Gasteiger partial charge >= 0.3 is 0 Å². The summed E-state index contributed by atoms with van der Waals surface area (Å²) in [5.41, 5.74) is 14.4. The quantitative estimate of drug-likeness (QED) is 0.557. The number of ether oxygens (including phenoxy) is 1. The van der Waals surface area contributed by atoms with E-state index < -0.39 is 0 Å². The molecule has 4 heteroatoms. The van der Waals surface area contributed by atoms with Crippen molar-refractivity contribution in [3.63, 3.8) is 0 Å². The number of nitrogen functional groups attached to an aromatic ring is 1. The van der Waals surface area contributed by atoms with E-state index in [4.69, 9.17) is 15.5 Å². The second-order valence-electron chi connectivity index (χ2n) is 7.74. The van der Waals surface area contributed by atoms with Crippen molar-refractivity contribution in [2.75, 3.05) is 12.8 Å². The number of hydrogen-bond acceptors (Lipinski definition) is 4. The first-order chi connectivity index (χ1) is 13.6. The van der Waals surface area contributed by atoms with E-state index in [1.807, 2.05) is 13.0 Å². The van der Waals surface area contributed by atoms with Crippen molar-refractivity contribution in [3.05, 3.63) is 63.7 Å². The van der Waals surface area contributed by atoms with Crippen molar-refractivity contribution in [3.8, 4) is 16.3 Å². The van der Waals surface area contributed by atoms with Crippen LogP contribution in [-0.2, 0) is 19.3 Å². The molecule has 4 rings (SSSR count). The number of aromatic nitrogens is 1. The average Bonchev–Trinajstić information content (AvgIpc) is 3.13. The Balaban J connectivity index is 1.58. The van der Waals surface area contributed by atoms with Crippen LogP contribution in [0.1, 0.15) is 53.6 Å². The number of thiazole rings is 1. The molecule has 0 spiro atoms. The van der Waals surface area contributed by atoms with Gasteiger partial charge in [0.25, 0.3) is 0 Å². The van der Waals surface area contributed by atoms with Crippen LogP contribution >= 0.6 is 11.3 Å². The van der Waals surface area contributed by atoms with Gasteiger partial charge in [-0.1, -0.05) is 25.0 Å². The second-order valence-corrected chi connectivity index (χ2v) is 8.60. The van der Waals surface area contributed by atoms with Crippen LogP contribution < -0.4 is 10.5 Å². The fraction of sp³-hybridized carbons (Fsp3) is 0.375. The first-order valence-corrected chi connectivity index (χ1v) is 11.0. The minimum atomic E-state index is 0.756. The van der Waals surface area contributed by atoms with Gasteiger partial charge in [-0.05, 0) is 61.4 Å². The Morgan fingerprint density at radius 2 is 1.82 bits per heavy atom. The van der Waals surface area contributed by atoms with Gasteiger partial charge in [0, 0.05) is 34.7 Å². The molecule has 1 aliphatic carbocycles. The lowest BCUT2D eigenvalue weighted by Crippen LogP contribution is -2.00. The highest BCUT2D eigenvalue weighted by Crippen LogP contribution is 2.31. The molecule has 2 aromatic carbocycles. The van der Waals surface area contributed by atoms with E-state index in [2.05, 4.69) is 29.6 Å². The Morgan fingerprint density at radius 1 is 1.04 bits per heavy atom. The fourth-order valence-electron chi connectivity index (χ4n) is 4.03. The summed E-state index contributed by atoms with van der Waals surface area (Å²) < 4.78 is 5.52. The molecular weight excluding hydrogens is 364 g/mol. The van der Waals surface area contributed by atoms with Gasteiger partial charge in [0.1, 0.15) is 10.8 Å². The predicted octanol–water partition coefficient (Wildman–Crippen LogP) is 5.96. The summed E-state index contributed by atoms with van der Waals surface area (Å²) in [7, 11) is 1.69. The van der Waals surface area contributed by atoms with Crippen molar-refractivity contribution in [1.29, 1.82) is 0 Å². The maximum Gasteiger partial charge on any atom is 0.124 e. The highest BCUT2D eigenvalue weighted by Gasteiger charge is 2.13. The van der Waals surface area contributed by atoms with Crippen molar-refractivity contribution >= 4 is 17.0 Å². The number of fused-ring (bicyclic) bond motifs is 1. The van der Waals surface area contributed by atoms with Crippen molar-refractivity contribution in [2.24, 2.45) is 0 Å². The van der Waals surface area contributed by atoms with E-state index in [9.17, 15) is 0 Å². The zero-order valence-corrected chi connectivity index (χ0v) is 17.6. The zero-order chi connectivity index (χ0) is 19.5. The van der Waals surface area contributed by atoms with E-state index in [1.165, 1.54) is 55.2 Å². The minimum absolute atomic E-state index is 0.756. The van der Waals surface area contributed by atoms with Gasteiger partial charge in [0.2, 0.25) is 0 Å². The van der Waals surface area contributed by atoms with Gasteiger partial charge in [-0.3, -0.25) is 0 Å². The highest BCUT2D eigenvalue weighted by atomic mass is 32.1. The van der Waals surface area contributed by atoms with Gasteiger partial charge in [-0.15, -0.1) is 11.3 Å². The van der Waals surface area contributed by atoms with E-state index in [0.29, 0.717) is 0 Å². The lowest BCUT2D eigenvalue weighted by Gasteiger charge is -2.14. The number of aryl methyl sites for hydroxylation is 3. The van der Waals surface area contributed by atoms with Crippen LogP contribution in [0.5, 0.6) is 5.75 Å². The van der Waals surface area contributed by atoms with E-state index >= 15 is 0 Å². The van der Waals surface area contributed by atoms with Crippen LogP contribution in [0.2, 0.25) is 0 Å². The number of nitrogens with two attached hydrogens (primary N) is 1. The Labute approximate surface area is 171 Å². The number of rotatable bonds is 4. The monoisotopic (exact) mass is 392 g/mol. The minimum Gasteiger partial charge on any atom is -0.496 e. The summed E-state index contributed by atoms with van der Waals surface area (Å²) in [5, 5.41) is 3.27. The molecule has 0 aliphatic heterocycles. The molecule has 0 saturated carbocycles. The van der Waals surface area contributed by atoms with Crippen LogP contribution in [0.4, 0.5) is 5.69 Å². The van der Waals surface area contributed by atoms with E-state index in [-0.39, 0.29) is 0 Å². The van der Waals surface area contributed by atoms with Crippen molar-refractivity contribution in [1.82, 2.24) is 4.98 Å². The van der Waals surface area contributed by atoms with Crippen LogP contribution in [0.25, 0.3) is 10.6 Å². The molecule has 0 saturated heterocycles. The number of methoxy groups -OCH3 is 1. The number of hydrogen-bond donors (Lipinski definition) is 1. The van der Waals surface area contributed by atoms with Gasteiger partial charge < -0.3 is 10.5 Å². The molecule has 1 heterocycles. The molecule has 1 aromatic heterocycles. The Morgan fingerprint density at radius 3 is 2.61 bits per heavy atom. The molecule has 3 nitrogen and oxygen atoms in total. The third kappa shape index (κ3) is 4.07. The Kier molecular flexibility index (Phi) is 5.67. The zero-order valence-electron chi connectivity index (χ0n) is 16.8. The molecule has 2 N–H and O–H groups in total. The molecule has 0 atom stereocenters. The smallest absolute Gasteiger partial charge is 0.124 e. The molecule has 3 aromatic rings. The van der Waals surface area contributed by atoms with Gasteiger partial charge in [-0.2, -0.15) is 0 Å². The summed E-state index contributed by atoms with van der Waals surface area (Å²) in [6.07, 6.45) is 8.51. The lowest BCUT2D eigenvalue weighted by atomic mass is 9.92. The number of anilines is 1. The normalized spacial score (nSPS) is 14.2. The van der Waals surface area contributed by atoms with Gasteiger partial charge in [0.15, 0.2) is 0 Å². The molecule has 0 radical (unpaired) electrons.